The van der Waals surface area contributed by atoms with Gasteiger partial charge in [-0.3, -0.25) is 9.78 Å². The quantitative estimate of drug-likeness (QED) is 0.913. The lowest BCUT2D eigenvalue weighted by Crippen LogP contribution is -2.46. The van der Waals surface area contributed by atoms with Crippen molar-refractivity contribution in [2.75, 3.05) is 32.7 Å². The number of carbonyl (C=O) groups excluding carboxylic acids is 1. The van der Waals surface area contributed by atoms with E-state index in [9.17, 15) is 9.90 Å². The van der Waals surface area contributed by atoms with E-state index < -0.39 is 5.60 Å². The van der Waals surface area contributed by atoms with Crippen LogP contribution in [-0.2, 0) is 4.79 Å². The van der Waals surface area contributed by atoms with E-state index in [-0.39, 0.29) is 5.91 Å². The molecule has 1 aromatic rings. The average Bonchev–Trinajstić information content (AvgIpc) is 2.77. The van der Waals surface area contributed by atoms with Gasteiger partial charge in [0.25, 0.3) is 0 Å². The fourth-order valence-corrected chi connectivity index (χ4v) is 4.31. The number of hydrogen-bond acceptors (Lipinski definition) is 4. The average molecular weight is 345 g/mol. The van der Waals surface area contributed by atoms with E-state index >= 15 is 0 Å². The number of rotatable bonds is 3. The standard InChI is InChI=1S/C20H31N3O2/c1-16-14-19(4-9-21-16)18-5-11-22(12-6-18)15-20(25)7-3-10-23(13-8-20)17(2)24/h4,9,14,18,25H,3,5-8,10-13,15H2,1-2H3/t20-/m1/s1. The van der Waals surface area contributed by atoms with E-state index in [1.165, 1.54) is 5.56 Å². The molecule has 0 aromatic carbocycles. The molecule has 1 atom stereocenters. The van der Waals surface area contributed by atoms with Gasteiger partial charge in [-0.05, 0) is 75.7 Å². The number of pyridine rings is 1. The molecule has 0 radical (unpaired) electrons. The van der Waals surface area contributed by atoms with Crippen molar-refractivity contribution in [1.29, 1.82) is 0 Å². The first-order valence-electron chi connectivity index (χ1n) is 9.58. The molecule has 3 rings (SSSR count). The lowest BCUT2D eigenvalue weighted by Gasteiger charge is -2.38. The Kier molecular flexibility index (Phi) is 5.74. The predicted octanol–water partition coefficient (Wildman–Crippen LogP) is 2.33. The van der Waals surface area contributed by atoms with Crippen LogP contribution >= 0.6 is 0 Å². The summed E-state index contributed by atoms with van der Waals surface area (Å²) in [7, 11) is 0. The number of nitrogens with zero attached hydrogens (tertiary/aromatic N) is 3. The highest BCUT2D eigenvalue weighted by Gasteiger charge is 2.34. The lowest BCUT2D eigenvalue weighted by molar-refractivity contribution is -0.129. The number of aryl methyl sites for hydroxylation is 1. The molecule has 2 fully saturated rings. The van der Waals surface area contributed by atoms with Crippen molar-refractivity contribution in [3.8, 4) is 0 Å². The van der Waals surface area contributed by atoms with Crippen molar-refractivity contribution >= 4 is 5.91 Å². The maximum Gasteiger partial charge on any atom is 0.219 e. The first-order chi connectivity index (χ1) is 12.0. The highest BCUT2D eigenvalue weighted by molar-refractivity contribution is 5.73. The fraction of sp³-hybridized carbons (Fsp3) is 0.700. The Hall–Kier alpha value is -1.46. The summed E-state index contributed by atoms with van der Waals surface area (Å²) in [6, 6.07) is 4.35. The van der Waals surface area contributed by atoms with Gasteiger partial charge in [0, 0.05) is 38.4 Å². The van der Waals surface area contributed by atoms with Crippen LogP contribution in [0.25, 0.3) is 0 Å². The van der Waals surface area contributed by atoms with Crippen LogP contribution in [0.3, 0.4) is 0 Å². The van der Waals surface area contributed by atoms with Gasteiger partial charge in [-0.2, -0.15) is 0 Å². The SMILES string of the molecule is CC(=O)N1CCC[C@](O)(CN2CCC(c3ccnc(C)c3)CC2)CC1. The molecule has 2 aliphatic heterocycles. The summed E-state index contributed by atoms with van der Waals surface area (Å²) in [5.74, 6) is 0.729. The lowest BCUT2D eigenvalue weighted by atomic mass is 9.88. The van der Waals surface area contributed by atoms with Gasteiger partial charge in [-0.25, -0.2) is 0 Å². The first kappa shape index (κ1) is 18.3. The highest BCUT2D eigenvalue weighted by atomic mass is 16.3. The van der Waals surface area contributed by atoms with Crippen LogP contribution in [0.1, 0.15) is 56.2 Å². The summed E-state index contributed by atoms with van der Waals surface area (Å²) in [5.41, 5.74) is 1.84. The highest BCUT2D eigenvalue weighted by Crippen LogP contribution is 2.30. The predicted molar refractivity (Wildman–Crippen MR) is 98.4 cm³/mol. The molecule has 1 aromatic heterocycles. The largest absolute Gasteiger partial charge is 0.388 e. The van der Waals surface area contributed by atoms with Gasteiger partial charge < -0.3 is 14.9 Å². The minimum Gasteiger partial charge on any atom is -0.388 e. The van der Waals surface area contributed by atoms with Gasteiger partial charge in [0.05, 0.1) is 5.60 Å². The Morgan fingerprint density at radius 2 is 2.04 bits per heavy atom. The van der Waals surface area contributed by atoms with E-state index in [0.717, 1.165) is 57.6 Å². The zero-order valence-electron chi connectivity index (χ0n) is 15.6. The number of amides is 1. The molecule has 2 saturated heterocycles. The van der Waals surface area contributed by atoms with Crippen LogP contribution < -0.4 is 0 Å². The molecule has 138 valence electrons. The Balaban J connectivity index is 1.52. The van der Waals surface area contributed by atoms with Gasteiger partial charge in [0.1, 0.15) is 0 Å². The summed E-state index contributed by atoms with van der Waals surface area (Å²) in [6.07, 6.45) is 6.56. The number of aliphatic hydroxyl groups is 1. The molecule has 25 heavy (non-hydrogen) atoms. The van der Waals surface area contributed by atoms with Crippen molar-refractivity contribution in [2.45, 2.75) is 57.5 Å². The van der Waals surface area contributed by atoms with Crippen molar-refractivity contribution in [2.24, 2.45) is 0 Å². The van der Waals surface area contributed by atoms with Gasteiger partial charge in [0.2, 0.25) is 5.91 Å². The van der Waals surface area contributed by atoms with Gasteiger partial charge >= 0.3 is 0 Å². The Labute approximate surface area is 151 Å². The zero-order valence-corrected chi connectivity index (χ0v) is 15.6. The summed E-state index contributed by atoms with van der Waals surface area (Å²) in [5, 5.41) is 11.0. The summed E-state index contributed by atoms with van der Waals surface area (Å²) >= 11 is 0. The Bertz CT molecular complexity index is 598. The van der Waals surface area contributed by atoms with E-state index in [1.54, 1.807) is 6.92 Å². The second kappa shape index (κ2) is 7.83. The molecule has 1 amide bonds. The second-order valence-electron chi connectivity index (χ2n) is 7.86. The molecular formula is C20H31N3O2. The molecule has 0 spiro atoms. The number of β-amino-alcohol motifs (C(OH)–C–C–N with tert-alkyl or cyclic N) is 1. The fourth-order valence-electron chi connectivity index (χ4n) is 4.31. The minimum atomic E-state index is -0.649. The molecule has 5 nitrogen and oxygen atoms in total. The van der Waals surface area contributed by atoms with Crippen LogP contribution in [0, 0.1) is 6.92 Å². The number of carbonyl (C=O) groups is 1. The normalized spacial score (nSPS) is 26.4. The molecule has 0 bridgehead atoms. The Morgan fingerprint density at radius 1 is 1.28 bits per heavy atom. The van der Waals surface area contributed by atoms with E-state index in [4.69, 9.17) is 0 Å². The molecule has 0 aliphatic carbocycles. The molecule has 5 heteroatoms. The third kappa shape index (κ3) is 4.79. The first-order valence-corrected chi connectivity index (χ1v) is 9.58. The van der Waals surface area contributed by atoms with Crippen molar-refractivity contribution in [1.82, 2.24) is 14.8 Å². The molecular weight excluding hydrogens is 314 g/mol. The maximum atomic E-state index is 11.6. The molecule has 0 saturated carbocycles. The van der Waals surface area contributed by atoms with E-state index in [0.29, 0.717) is 18.9 Å². The van der Waals surface area contributed by atoms with Crippen molar-refractivity contribution < 1.29 is 9.90 Å². The van der Waals surface area contributed by atoms with Crippen molar-refractivity contribution in [3.05, 3.63) is 29.6 Å². The summed E-state index contributed by atoms with van der Waals surface area (Å²) in [4.78, 5) is 20.2. The third-order valence-electron chi connectivity index (χ3n) is 5.86. The van der Waals surface area contributed by atoms with Crippen LogP contribution in [0.15, 0.2) is 18.3 Å². The number of aromatic nitrogens is 1. The molecule has 2 aliphatic rings. The molecule has 3 heterocycles. The van der Waals surface area contributed by atoms with Gasteiger partial charge in [-0.15, -0.1) is 0 Å². The molecule has 0 unspecified atom stereocenters. The number of piperidine rings is 1. The minimum absolute atomic E-state index is 0.123. The number of likely N-dealkylation sites (tertiary alicyclic amines) is 2. The Morgan fingerprint density at radius 3 is 2.72 bits per heavy atom. The molecule has 1 N–H and O–H groups in total. The van der Waals surface area contributed by atoms with E-state index in [1.807, 2.05) is 18.0 Å². The van der Waals surface area contributed by atoms with Gasteiger partial charge in [0.15, 0.2) is 0 Å². The van der Waals surface area contributed by atoms with Gasteiger partial charge in [-0.1, -0.05) is 0 Å². The van der Waals surface area contributed by atoms with Crippen LogP contribution in [0.2, 0.25) is 0 Å². The maximum absolute atomic E-state index is 11.6. The summed E-state index contributed by atoms with van der Waals surface area (Å²) < 4.78 is 0. The van der Waals surface area contributed by atoms with E-state index in [2.05, 4.69) is 22.0 Å². The van der Waals surface area contributed by atoms with Crippen LogP contribution in [0.5, 0.6) is 0 Å². The van der Waals surface area contributed by atoms with Crippen LogP contribution in [0.4, 0.5) is 0 Å². The van der Waals surface area contributed by atoms with Crippen LogP contribution in [-0.4, -0.2) is 64.1 Å². The monoisotopic (exact) mass is 345 g/mol. The number of hydrogen-bond donors (Lipinski definition) is 1. The third-order valence-corrected chi connectivity index (χ3v) is 5.86. The summed E-state index contributed by atoms with van der Waals surface area (Å²) in [6.45, 7) is 7.93. The second-order valence-corrected chi connectivity index (χ2v) is 7.86. The van der Waals surface area contributed by atoms with Crippen molar-refractivity contribution in [3.63, 3.8) is 0 Å². The zero-order chi connectivity index (χ0) is 17.9. The topological polar surface area (TPSA) is 56.7 Å². The smallest absolute Gasteiger partial charge is 0.219 e.